The van der Waals surface area contributed by atoms with Crippen LogP contribution >= 0.6 is 11.3 Å². The zero-order valence-corrected chi connectivity index (χ0v) is 15.0. The second kappa shape index (κ2) is 6.76. The Hall–Kier alpha value is -2.93. The summed E-state index contributed by atoms with van der Waals surface area (Å²) in [5.74, 6) is -0.341. The molecule has 2 heterocycles. The van der Waals surface area contributed by atoms with E-state index in [1.165, 1.54) is 11.3 Å². The van der Waals surface area contributed by atoms with Crippen molar-refractivity contribution in [3.8, 4) is 0 Å². The third-order valence-electron chi connectivity index (χ3n) is 4.39. The van der Waals surface area contributed by atoms with Gasteiger partial charge in [-0.2, -0.15) is 0 Å². The molecule has 0 unspecified atom stereocenters. The number of anilines is 2. The van der Waals surface area contributed by atoms with E-state index in [1.54, 1.807) is 19.3 Å². The van der Waals surface area contributed by atoms with Gasteiger partial charge in [0, 0.05) is 29.0 Å². The van der Waals surface area contributed by atoms with Gasteiger partial charge in [0.15, 0.2) is 0 Å². The van der Waals surface area contributed by atoms with Gasteiger partial charge >= 0.3 is 5.97 Å². The number of nitrogens with zero attached hydrogens (tertiary/aromatic N) is 2. The molecule has 2 N–H and O–H groups in total. The molecule has 7 heteroatoms. The smallest absolute Gasteiger partial charge is 0.350 e. The van der Waals surface area contributed by atoms with Crippen LogP contribution in [0.25, 0.3) is 10.1 Å². The number of oxime groups is 1. The first-order valence-corrected chi connectivity index (χ1v) is 9.17. The number of aromatic nitrogens is 1. The summed E-state index contributed by atoms with van der Waals surface area (Å²) in [5.41, 5.74) is 4.43. The number of aryl methyl sites for hydroxylation is 1. The maximum atomic E-state index is 12.4. The van der Waals surface area contributed by atoms with Crippen molar-refractivity contribution in [2.75, 3.05) is 11.9 Å². The zero-order chi connectivity index (χ0) is 18.1. The topological polar surface area (TPSA) is 83.8 Å². The number of benzene rings is 1. The molecule has 0 atom stereocenters. The summed E-state index contributed by atoms with van der Waals surface area (Å²) in [5, 5.41) is 16.7. The maximum Gasteiger partial charge on any atom is 0.350 e. The Morgan fingerprint density at radius 2 is 2.27 bits per heavy atom. The third-order valence-corrected chi connectivity index (χ3v) is 5.51. The Morgan fingerprint density at radius 3 is 3.08 bits per heavy atom. The van der Waals surface area contributed by atoms with Crippen LogP contribution in [0.2, 0.25) is 0 Å². The first-order valence-electron chi connectivity index (χ1n) is 8.36. The van der Waals surface area contributed by atoms with Crippen LogP contribution in [0.5, 0.6) is 0 Å². The predicted molar refractivity (Wildman–Crippen MR) is 102 cm³/mol. The number of esters is 1. The fraction of sp³-hybridized carbons (Fsp3) is 0.211. The van der Waals surface area contributed by atoms with Gasteiger partial charge in [-0.25, -0.2) is 4.79 Å². The highest BCUT2D eigenvalue weighted by Crippen LogP contribution is 2.38. The molecule has 0 saturated heterocycles. The van der Waals surface area contributed by atoms with Gasteiger partial charge in [0.1, 0.15) is 4.88 Å². The summed E-state index contributed by atoms with van der Waals surface area (Å²) in [4.78, 5) is 17.1. The Balaban J connectivity index is 1.75. The Kier molecular flexibility index (Phi) is 4.30. The number of thiophene rings is 1. The van der Waals surface area contributed by atoms with Crippen LogP contribution < -0.4 is 5.32 Å². The van der Waals surface area contributed by atoms with E-state index in [4.69, 9.17) is 9.94 Å². The Bertz CT molecular complexity index is 1030. The highest BCUT2D eigenvalue weighted by atomic mass is 32.1. The van der Waals surface area contributed by atoms with Crippen molar-refractivity contribution in [2.24, 2.45) is 5.16 Å². The maximum absolute atomic E-state index is 12.4. The number of rotatable bonds is 4. The summed E-state index contributed by atoms with van der Waals surface area (Å²) in [6.07, 6.45) is 5.03. The van der Waals surface area contributed by atoms with Gasteiger partial charge < -0.3 is 15.3 Å². The van der Waals surface area contributed by atoms with Crippen LogP contribution in [0.4, 0.5) is 11.4 Å². The van der Waals surface area contributed by atoms with Crippen molar-refractivity contribution in [3.05, 3.63) is 52.7 Å². The van der Waals surface area contributed by atoms with Crippen molar-refractivity contribution in [1.82, 2.24) is 4.98 Å². The van der Waals surface area contributed by atoms with E-state index in [0.717, 1.165) is 45.4 Å². The molecule has 6 nitrogen and oxygen atoms in total. The van der Waals surface area contributed by atoms with E-state index in [9.17, 15) is 4.79 Å². The average Bonchev–Trinajstić information content (AvgIpc) is 3.23. The number of hydrogen-bond acceptors (Lipinski definition) is 7. The van der Waals surface area contributed by atoms with Crippen LogP contribution in [0, 0.1) is 0 Å². The van der Waals surface area contributed by atoms with Crippen LogP contribution in [0.15, 0.2) is 41.8 Å². The van der Waals surface area contributed by atoms with Crippen molar-refractivity contribution in [2.45, 2.75) is 19.8 Å². The summed E-state index contributed by atoms with van der Waals surface area (Å²) < 4.78 is 6.13. The molecule has 1 aliphatic carbocycles. The number of hydrogen-bond donors (Lipinski definition) is 2. The molecule has 0 saturated carbocycles. The molecular weight excluding hydrogens is 350 g/mol. The van der Waals surface area contributed by atoms with Gasteiger partial charge in [-0.05, 0) is 43.5 Å². The van der Waals surface area contributed by atoms with E-state index in [2.05, 4.69) is 15.5 Å². The molecule has 26 heavy (non-hydrogen) atoms. The molecule has 2 aromatic heterocycles. The number of carbonyl (C=O) groups is 1. The summed E-state index contributed by atoms with van der Waals surface area (Å²) in [6, 6.07) is 7.79. The lowest BCUT2D eigenvalue weighted by Crippen LogP contribution is -2.05. The molecule has 1 aromatic carbocycles. The lowest BCUT2D eigenvalue weighted by Gasteiger charge is -2.10. The van der Waals surface area contributed by atoms with E-state index in [1.807, 2.05) is 24.3 Å². The molecule has 1 aliphatic rings. The lowest BCUT2D eigenvalue weighted by molar-refractivity contribution is 0.0533. The second-order valence-corrected chi connectivity index (χ2v) is 6.99. The van der Waals surface area contributed by atoms with Crippen molar-refractivity contribution >= 4 is 44.5 Å². The van der Waals surface area contributed by atoms with Crippen LogP contribution in [-0.4, -0.2) is 28.5 Å². The molecule has 0 aliphatic heterocycles. The third kappa shape index (κ3) is 2.80. The molecule has 0 spiro atoms. The van der Waals surface area contributed by atoms with Gasteiger partial charge in [-0.15, -0.1) is 11.3 Å². The molecule has 132 valence electrons. The number of pyridine rings is 1. The van der Waals surface area contributed by atoms with Crippen LogP contribution in [0.3, 0.4) is 0 Å². The van der Waals surface area contributed by atoms with E-state index >= 15 is 0 Å². The first-order chi connectivity index (χ1) is 12.7. The average molecular weight is 367 g/mol. The fourth-order valence-electron chi connectivity index (χ4n) is 3.21. The minimum absolute atomic E-state index is 0.326. The molecule has 0 fully saturated rings. The molecule has 3 aromatic rings. The number of fused-ring (bicyclic) bond motifs is 2. The predicted octanol–water partition coefficient (Wildman–Crippen LogP) is 4.34. The minimum atomic E-state index is -0.341. The normalized spacial score (nSPS) is 14.6. The monoisotopic (exact) mass is 367 g/mol. The molecule has 0 radical (unpaired) electrons. The van der Waals surface area contributed by atoms with E-state index < -0.39 is 0 Å². The standard InChI is InChI=1S/C19H17N3O3S/c1-2-25-19(23)18-17(14-7-8-20-10-16(14)26-18)21-12-4-5-13-11(9-12)3-6-15(13)22-24/h4-5,7-10,21,24H,2-3,6H2,1H3/b22-15-. The minimum Gasteiger partial charge on any atom is -0.462 e. The van der Waals surface area contributed by atoms with Gasteiger partial charge in [0.2, 0.25) is 0 Å². The fourth-order valence-corrected chi connectivity index (χ4v) is 4.23. The van der Waals surface area contributed by atoms with Gasteiger partial charge in [-0.3, -0.25) is 4.98 Å². The largest absolute Gasteiger partial charge is 0.462 e. The van der Waals surface area contributed by atoms with Crippen LogP contribution in [0.1, 0.15) is 34.1 Å². The Labute approximate surface area is 154 Å². The zero-order valence-electron chi connectivity index (χ0n) is 14.2. The number of carbonyl (C=O) groups excluding carboxylic acids is 1. The van der Waals surface area contributed by atoms with Crippen molar-refractivity contribution in [3.63, 3.8) is 0 Å². The van der Waals surface area contributed by atoms with Gasteiger partial charge in [0.25, 0.3) is 0 Å². The summed E-state index contributed by atoms with van der Waals surface area (Å²) in [7, 11) is 0. The highest BCUT2D eigenvalue weighted by molar-refractivity contribution is 7.21. The molecule has 4 rings (SSSR count). The van der Waals surface area contributed by atoms with E-state index in [-0.39, 0.29) is 5.97 Å². The highest BCUT2D eigenvalue weighted by Gasteiger charge is 2.22. The van der Waals surface area contributed by atoms with Crippen molar-refractivity contribution in [1.29, 1.82) is 0 Å². The van der Waals surface area contributed by atoms with Gasteiger partial charge in [-0.1, -0.05) is 11.2 Å². The molecule has 0 bridgehead atoms. The van der Waals surface area contributed by atoms with E-state index in [0.29, 0.717) is 17.2 Å². The number of ether oxygens (including phenoxy) is 1. The Morgan fingerprint density at radius 1 is 1.38 bits per heavy atom. The second-order valence-electron chi connectivity index (χ2n) is 5.94. The number of nitrogens with one attached hydrogen (secondary N) is 1. The summed E-state index contributed by atoms with van der Waals surface area (Å²) >= 11 is 1.37. The molecule has 0 amide bonds. The SMILES string of the molecule is CCOC(=O)c1sc2cnccc2c1Nc1ccc2c(c1)CC/C2=N/O. The van der Waals surface area contributed by atoms with Crippen molar-refractivity contribution < 1.29 is 14.7 Å². The lowest BCUT2D eigenvalue weighted by atomic mass is 10.1. The van der Waals surface area contributed by atoms with Crippen LogP contribution in [-0.2, 0) is 11.2 Å². The summed E-state index contributed by atoms with van der Waals surface area (Å²) in [6.45, 7) is 2.12. The first kappa shape index (κ1) is 16.5. The quantitative estimate of drug-likeness (QED) is 0.407. The molecular formula is C19H17N3O3S. The van der Waals surface area contributed by atoms with Gasteiger partial charge in [0.05, 0.1) is 22.7 Å².